The summed E-state index contributed by atoms with van der Waals surface area (Å²) in [6.07, 6.45) is 6.19. The maximum atomic E-state index is 3.36. The molecule has 0 unspecified atom stereocenters. The topological polar surface area (TPSA) is 6.48 Å². The highest BCUT2D eigenvalue weighted by molar-refractivity contribution is 5.99. The minimum absolute atomic E-state index is 1.09. The number of hydrogen-bond donors (Lipinski definition) is 0. The molecule has 47 heavy (non-hydrogen) atoms. The first-order valence-electron chi connectivity index (χ1n) is 15.9. The van der Waals surface area contributed by atoms with E-state index in [9.17, 15) is 0 Å². The van der Waals surface area contributed by atoms with Crippen molar-refractivity contribution in [3.05, 3.63) is 204 Å². The van der Waals surface area contributed by atoms with Crippen LogP contribution < -0.4 is 20.2 Å². The largest absolute Gasteiger partial charge is 0.310 e. The lowest BCUT2D eigenvalue weighted by Crippen LogP contribution is -2.31. The third-order valence-corrected chi connectivity index (χ3v) is 8.68. The number of benzene rings is 7. The van der Waals surface area contributed by atoms with Crippen LogP contribution in [0.2, 0.25) is 0 Å². The highest BCUT2D eigenvalue weighted by Crippen LogP contribution is 2.39. The Balaban J connectivity index is 1.17. The van der Waals surface area contributed by atoms with E-state index in [-0.39, 0.29) is 0 Å². The summed E-state index contributed by atoms with van der Waals surface area (Å²) in [5.74, 6) is 0. The standard InChI is InChI=1S/C45H32N2/c1-3-18-38(19-4-1)46(44-24-12-9-16-36-14-7-10-22-42(36)44)40-30-26-34(27-31-40)35-28-32-41(33-29-35)47(39-20-5-2-6-21-39)45-25-13-17-37-15-8-11-23-43(37)45/h1-11,13-33H. The second kappa shape index (κ2) is 12.6. The molecule has 0 saturated carbocycles. The lowest BCUT2D eigenvalue weighted by Gasteiger charge is -2.27. The molecule has 0 bridgehead atoms. The Kier molecular flexibility index (Phi) is 7.53. The van der Waals surface area contributed by atoms with Gasteiger partial charge >= 0.3 is 0 Å². The number of fused-ring (bicyclic) bond motifs is 2. The Bertz CT molecular complexity index is 2360. The van der Waals surface area contributed by atoms with Crippen molar-refractivity contribution in [1.82, 2.24) is 0 Å². The van der Waals surface area contributed by atoms with E-state index in [1.165, 1.54) is 32.3 Å². The molecule has 0 heterocycles. The van der Waals surface area contributed by atoms with Gasteiger partial charge in [-0.2, -0.15) is 0 Å². The van der Waals surface area contributed by atoms with Gasteiger partial charge in [-0.3, -0.25) is 0 Å². The summed E-state index contributed by atoms with van der Waals surface area (Å²) >= 11 is 0. The third-order valence-electron chi connectivity index (χ3n) is 8.68. The lowest BCUT2D eigenvalue weighted by molar-refractivity contribution is 1.28. The van der Waals surface area contributed by atoms with Crippen LogP contribution in [-0.2, 0) is 0 Å². The van der Waals surface area contributed by atoms with E-state index in [2.05, 4.69) is 204 Å². The Morgan fingerprint density at radius 1 is 0.404 bits per heavy atom. The molecule has 0 amide bonds. The molecule has 1 aliphatic carbocycles. The maximum absolute atomic E-state index is 3.36. The molecular weight excluding hydrogens is 569 g/mol. The molecule has 7 aromatic carbocycles. The van der Waals surface area contributed by atoms with Gasteiger partial charge in [-0.15, -0.1) is 5.73 Å². The summed E-state index contributed by atoms with van der Waals surface area (Å²) in [6, 6.07) is 62.5. The van der Waals surface area contributed by atoms with Crippen LogP contribution in [-0.4, -0.2) is 0 Å². The molecular formula is C45H32N2. The van der Waals surface area contributed by atoms with Crippen molar-refractivity contribution in [2.45, 2.75) is 0 Å². The summed E-state index contributed by atoms with van der Waals surface area (Å²) in [6.45, 7) is 0. The zero-order valence-electron chi connectivity index (χ0n) is 25.9. The average molecular weight is 601 g/mol. The molecule has 8 rings (SSSR count). The van der Waals surface area contributed by atoms with Gasteiger partial charge in [0.15, 0.2) is 0 Å². The Hall–Kier alpha value is -6.34. The SMILES string of the molecule is C1=CC=c2ccccc2=C(N(c2ccccc2)c2ccc(-c3ccc(N(c4ccccc4)c4cccc5ccccc45)cc3)cc2)C=1. The normalized spacial score (nSPS) is 11.9. The molecule has 0 radical (unpaired) electrons. The molecule has 0 atom stereocenters. The summed E-state index contributed by atoms with van der Waals surface area (Å²) in [4.78, 5) is 4.65. The quantitative estimate of drug-likeness (QED) is 0.168. The van der Waals surface area contributed by atoms with Crippen LogP contribution in [0.4, 0.5) is 28.4 Å². The van der Waals surface area contributed by atoms with E-state index >= 15 is 0 Å². The minimum atomic E-state index is 1.09. The van der Waals surface area contributed by atoms with Crippen LogP contribution in [0.5, 0.6) is 0 Å². The molecule has 2 heteroatoms. The summed E-state index contributed by atoms with van der Waals surface area (Å²) in [5.41, 5.74) is 12.4. The molecule has 2 nitrogen and oxygen atoms in total. The number of anilines is 5. The van der Waals surface area contributed by atoms with Gasteiger partial charge in [-0.1, -0.05) is 121 Å². The van der Waals surface area contributed by atoms with Gasteiger partial charge in [0.2, 0.25) is 0 Å². The van der Waals surface area contributed by atoms with Gasteiger partial charge in [0.05, 0.1) is 11.4 Å². The second-order valence-electron chi connectivity index (χ2n) is 11.6. The Morgan fingerprint density at radius 2 is 0.936 bits per heavy atom. The average Bonchev–Trinajstić information content (AvgIpc) is 3.36. The fourth-order valence-electron chi connectivity index (χ4n) is 6.42. The van der Waals surface area contributed by atoms with Crippen LogP contribution in [0.3, 0.4) is 0 Å². The number of para-hydroxylation sites is 2. The Labute approximate surface area is 275 Å². The van der Waals surface area contributed by atoms with Crippen molar-refractivity contribution >= 4 is 51.0 Å². The van der Waals surface area contributed by atoms with E-state index in [1.807, 2.05) is 6.08 Å². The first kappa shape index (κ1) is 28.2. The van der Waals surface area contributed by atoms with Crippen LogP contribution >= 0.6 is 0 Å². The van der Waals surface area contributed by atoms with Crippen molar-refractivity contribution in [3.8, 4) is 11.1 Å². The van der Waals surface area contributed by atoms with Gasteiger partial charge in [-0.05, 0) is 88.5 Å². The highest BCUT2D eigenvalue weighted by Gasteiger charge is 2.17. The van der Waals surface area contributed by atoms with Crippen LogP contribution in [0.15, 0.2) is 194 Å². The summed E-state index contributed by atoms with van der Waals surface area (Å²) in [5, 5.41) is 4.79. The molecule has 1 aliphatic rings. The van der Waals surface area contributed by atoms with E-state index in [1.54, 1.807) is 0 Å². The van der Waals surface area contributed by atoms with Crippen molar-refractivity contribution in [3.63, 3.8) is 0 Å². The summed E-state index contributed by atoms with van der Waals surface area (Å²) in [7, 11) is 0. The van der Waals surface area contributed by atoms with E-state index in [0.29, 0.717) is 0 Å². The second-order valence-corrected chi connectivity index (χ2v) is 11.6. The fraction of sp³-hybridized carbons (Fsp3) is 0. The number of rotatable bonds is 7. The van der Waals surface area contributed by atoms with Gasteiger partial charge < -0.3 is 9.80 Å². The van der Waals surface area contributed by atoms with E-state index in [4.69, 9.17) is 0 Å². The number of hydrogen-bond acceptors (Lipinski definition) is 2. The molecule has 0 saturated heterocycles. The van der Waals surface area contributed by atoms with Gasteiger partial charge in [0.25, 0.3) is 0 Å². The van der Waals surface area contributed by atoms with Crippen LogP contribution in [0, 0.1) is 0 Å². The Morgan fingerprint density at radius 3 is 1.64 bits per heavy atom. The fourth-order valence-corrected chi connectivity index (χ4v) is 6.42. The van der Waals surface area contributed by atoms with Crippen LogP contribution in [0.25, 0.3) is 33.7 Å². The molecule has 0 fully saturated rings. The van der Waals surface area contributed by atoms with Gasteiger partial charge in [0.1, 0.15) is 0 Å². The predicted octanol–water partition coefficient (Wildman–Crippen LogP) is 10.4. The van der Waals surface area contributed by atoms with Crippen molar-refractivity contribution < 1.29 is 0 Å². The smallest absolute Gasteiger partial charge is 0.0617 e. The first-order valence-corrected chi connectivity index (χ1v) is 15.9. The van der Waals surface area contributed by atoms with Gasteiger partial charge in [0, 0.05) is 39.4 Å². The third kappa shape index (κ3) is 5.55. The maximum Gasteiger partial charge on any atom is 0.0617 e. The van der Waals surface area contributed by atoms with Gasteiger partial charge in [-0.25, -0.2) is 0 Å². The molecule has 0 N–H and O–H groups in total. The summed E-state index contributed by atoms with van der Waals surface area (Å²) < 4.78 is 0. The van der Waals surface area contributed by atoms with Crippen molar-refractivity contribution in [2.75, 3.05) is 9.80 Å². The van der Waals surface area contributed by atoms with Crippen molar-refractivity contribution in [1.29, 1.82) is 0 Å². The molecule has 0 aliphatic heterocycles. The minimum Gasteiger partial charge on any atom is -0.310 e. The highest BCUT2D eigenvalue weighted by atomic mass is 15.1. The van der Waals surface area contributed by atoms with E-state index in [0.717, 1.165) is 34.1 Å². The zero-order valence-corrected chi connectivity index (χ0v) is 25.9. The predicted molar refractivity (Wildman–Crippen MR) is 199 cm³/mol. The molecule has 7 aromatic rings. The van der Waals surface area contributed by atoms with Crippen LogP contribution in [0.1, 0.15) is 0 Å². The zero-order chi connectivity index (χ0) is 31.4. The molecule has 0 spiro atoms. The van der Waals surface area contributed by atoms with Crippen molar-refractivity contribution in [2.24, 2.45) is 0 Å². The monoisotopic (exact) mass is 600 g/mol. The lowest BCUT2D eigenvalue weighted by atomic mass is 10.0. The number of nitrogens with zero attached hydrogens (tertiary/aromatic N) is 2. The first-order chi connectivity index (χ1) is 23.3. The van der Waals surface area contributed by atoms with E-state index < -0.39 is 0 Å². The molecule has 222 valence electrons. The molecule has 0 aromatic heterocycles.